The number of nitrogen functional groups attached to an aromatic ring is 1. The molecule has 35 heavy (non-hydrogen) atoms. The first-order valence-corrected chi connectivity index (χ1v) is 12.5. The van der Waals surface area contributed by atoms with Crippen molar-refractivity contribution >= 4 is 29.0 Å². The molecule has 1 atom stereocenters. The van der Waals surface area contributed by atoms with Crippen LogP contribution in [0.4, 0.5) is 11.5 Å². The molecule has 3 heterocycles. The molecule has 1 unspecified atom stereocenters. The minimum atomic E-state index is 0.0404. The lowest BCUT2D eigenvalue weighted by atomic mass is 9.96. The Kier molecular flexibility index (Phi) is 6.66. The van der Waals surface area contributed by atoms with E-state index in [1.807, 2.05) is 36.5 Å². The Bertz CT molecular complexity index is 1350. The highest BCUT2D eigenvalue weighted by molar-refractivity contribution is 5.90. The van der Waals surface area contributed by atoms with Gasteiger partial charge in [-0.15, -0.1) is 0 Å². The number of H-pyrrole nitrogens is 1. The van der Waals surface area contributed by atoms with E-state index >= 15 is 0 Å². The van der Waals surface area contributed by atoms with Crippen LogP contribution in [0.3, 0.4) is 0 Å². The van der Waals surface area contributed by atoms with Crippen LogP contribution in [-0.4, -0.2) is 25.3 Å². The van der Waals surface area contributed by atoms with Gasteiger partial charge in [-0.2, -0.15) is 0 Å². The number of aromatic amines is 1. The maximum atomic E-state index is 12.5. The van der Waals surface area contributed by atoms with Gasteiger partial charge in [0.2, 0.25) is 5.91 Å². The topological polar surface area (TPSA) is 101 Å². The molecule has 5 rings (SSSR count). The second kappa shape index (κ2) is 10.2. The van der Waals surface area contributed by atoms with Crippen LogP contribution in [0.15, 0.2) is 54.9 Å². The third-order valence-corrected chi connectivity index (χ3v) is 6.68. The fourth-order valence-electron chi connectivity index (χ4n) is 5.00. The van der Waals surface area contributed by atoms with Gasteiger partial charge in [-0.3, -0.25) is 9.20 Å². The lowest BCUT2D eigenvalue weighted by molar-refractivity contribution is -0.116. The van der Waals surface area contributed by atoms with Crippen LogP contribution in [0.5, 0.6) is 0 Å². The molecule has 0 spiro atoms. The van der Waals surface area contributed by atoms with E-state index in [0.717, 1.165) is 72.6 Å². The highest BCUT2D eigenvalue weighted by Gasteiger charge is 2.24. The van der Waals surface area contributed by atoms with Crippen LogP contribution in [0, 0.1) is 0 Å². The first-order valence-electron chi connectivity index (χ1n) is 12.5. The summed E-state index contributed by atoms with van der Waals surface area (Å²) in [6.45, 7) is 2.19. The molecular formula is C28H32N6O. The third kappa shape index (κ3) is 4.85. The Morgan fingerprint density at radius 1 is 1.26 bits per heavy atom. The van der Waals surface area contributed by atoms with Crippen molar-refractivity contribution in [3.05, 3.63) is 71.9 Å². The van der Waals surface area contributed by atoms with Crippen LogP contribution < -0.4 is 11.1 Å². The van der Waals surface area contributed by atoms with Crippen LogP contribution in [0.25, 0.3) is 23.0 Å². The molecular weight excluding hydrogens is 436 g/mol. The number of nitrogens with zero attached hydrogens (tertiary/aromatic N) is 3. The van der Waals surface area contributed by atoms with E-state index in [4.69, 9.17) is 10.7 Å². The molecule has 0 saturated heterocycles. The number of nitrogens with two attached hydrogens (primary N) is 1. The number of hydrogen-bond donors (Lipinski definition) is 3. The number of carbonyl (C=O) groups is 1. The van der Waals surface area contributed by atoms with Gasteiger partial charge in [0.15, 0.2) is 0 Å². The largest absolute Gasteiger partial charge is 0.382 e. The Morgan fingerprint density at radius 3 is 2.91 bits per heavy atom. The van der Waals surface area contributed by atoms with Crippen molar-refractivity contribution in [2.75, 3.05) is 11.1 Å². The van der Waals surface area contributed by atoms with E-state index in [9.17, 15) is 4.79 Å². The molecule has 4 aromatic rings. The second-order valence-electron chi connectivity index (χ2n) is 9.20. The minimum absolute atomic E-state index is 0.0404. The number of anilines is 2. The summed E-state index contributed by atoms with van der Waals surface area (Å²) < 4.78 is 2.09. The highest BCUT2D eigenvalue weighted by atomic mass is 16.1. The first kappa shape index (κ1) is 22.9. The smallest absolute Gasteiger partial charge is 0.224 e. The third-order valence-electron chi connectivity index (χ3n) is 6.68. The molecule has 0 aliphatic heterocycles. The van der Waals surface area contributed by atoms with Crippen molar-refractivity contribution < 1.29 is 4.79 Å². The Hall–Kier alpha value is -3.87. The summed E-state index contributed by atoms with van der Waals surface area (Å²) in [7, 11) is 0. The molecule has 0 radical (unpaired) electrons. The molecule has 0 bridgehead atoms. The van der Waals surface area contributed by atoms with Gasteiger partial charge in [0.1, 0.15) is 22.9 Å². The summed E-state index contributed by atoms with van der Waals surface area (Å²) in [5.41, 5.74) is 12.3. The zero-order chi connectivity index (χ0) is 24.2. The minimum Gasteiger partial charge on any atom is -0.382 e. The zero-order valence-electron chi connectivity index (χ0n) is 20.1. The number of para-hydroxylation sites is 1. The molecule has 7 nitrogen and oxygen atoms in total. The number of amides is 1. The molecule has 4 N–H and O–H groups in total. The van der Waals surface area contributed by atoms with E-state index in [-0.39, 0.29) is 11.8 Å². The zero-order valence-corrected chi connectivity index (χ0v) is 20.1. The molecule has 0 saturated carbocycles. The fraction of sp³-hybridized carbons (Fsp3) is 0.321. The maximum Gasteiger partial charge on any atom is 0.224 e. The Balaban J connectivity index is 1.39. The van der Waals surface area contributed by atoms with Crippen molar-refractivity contribution in [2.24, 2.45) is 0 Å². The lowest BCUT2D eigenvalue weighted by Crippen LogP contribution is -2.12. The number of aromatic nitrogens is 4. The molecule has 3 aromatic heterocycles. The Labute approximate surface area is 205 Å². The van der Waals surface area contributed by atoms with Crippen molar-refractivity contribution in [3.63, 3.8) is 0 Å². The molecule has 1 amide bonds. The van der Waals surface area contributed by atoms with Crippen molar-refractivity contribution in [1.29, 1.82) is 0 Å². The van der Waals surface area contributed by atoms with Gasteiger partial charge < -0.3 is 16.0 Å². The van der Waals surface area contributed by atoms with E-state index in [0.29, 0.717) is 12.2 Å². The van der Waals surface area contributed by atoms with Gasteiger partial charge in [-0.1, -0.05) is 37.6 Å². The fourth-order valence-corrected chi connectivity index (χ4v) is 5.00. The molecule has 0 fully saturated rings. The Morgan fingerprint density at radius 2 is 2.11 bits per heavy atom. The van der Waals surface area contributed by atoms with E-state index in [1.54, 1.807) is 6.20 Å². The standard InChI is InChI=1S/C28H32N6O/c1-2-9-19(11-8-15-24(35)31-21-12-4-3-5-13-21)28-33-25(26-27(29)30-16-17-34(26)28)23-18-20-10-6-7-14-22(20)32-23/h3-5,7,12-14,16-19,32H,2,6,8-11,15H2,1H3,(H2,29,30)(H,31,35). The summed E-state index contributed by atoms with van der Waals surface area (Å²) in [5, 5.41) is 2.98. The number of aryl methyl sites for hydroxylation is 1. The summed E-state index contributed by atoms with van der Waals surface area (Å²) in [5.74, 6) is 1.72. The average molecular weight is 469 g/mol. The monoisotopic (exact) mass is 468 g/mol. The highest BCUT2D eigenvalue weighted by Crippen LogP contribution is 2.35. The summed E-state index contributed by atoms with van der Waals surface area (Å²) >= 11 is 0. The van der Waals surface area contributed by atoms with Crippen LogP contribution in [0.2, 0.25) is 0 Å². The van der Waals surface area contributed by atoms with Gasteiger partial charge in [-0.05, 0) is 61.9 Å². The van der Waals surface area contributed by atoms with Crippen molar-refractivity contribution in [2.45, 2.75) is 57.8 Å². The quantitative estimate of drug-likeness (QED) is 0.282. The van der Waals surface area contributed by atoms with Gasteiger partial charge in [0.05, 0.1) is 5.69 Å². The number of fused-ring (bicyclic) bond motifs is 2. The first-order chi connectivity index (χ1) is 17.1. The van der Waals surface area contributed by atoms with Gasteiger partial charge in [0, 0.05) is 36.1 Å². The average Bonchev–Trinajstić information content (AvgIpc) is 3.47. The number of imidazole rings is 1. The summed E-state index contributed by atoms with van der Waals surface area (Å²) in [6, 6.07) is 11.8. The lowest BCUT2D eigenvalue weighted by Gasteiger charge is -2.15. The number of carbonyl (C=O) groups excluding carboxylic acids is 1. The van der Waals surface area contributed by atoms with Crippen LogP contribution >= 0.6 is 0 Å². The number of benzene rings is 1. The van der Waals surface area contributed by atoms with Crippen molar-refractivity contribution in [1.82, 2.24) is 19.4 Å². The molecule has 7 heteroatoms. The van der Waals surface area contributed by atoms with Crippen molar-refractivity contribution in [3.8, 4) is 11.4 Å². The number of nitrogens with one attached hydrogen (secondary N) is 2. The molecule has 180 valence electrons. The summed E-state index contributed by atoms with van der Waals surface area (Å²) in [4.78, 5) is 25.5. The second-order valence-corrected chi connectivity index (χ2v) is 9.20. The van der Waals surface area contributed by atoms with E-state index in [2.05, 4.69) is 44.8 Å². The van der Waals surface area contributed by atoms with Crippen LogP contribution in [0.1, 0.15) is 68.4 Å². The van der Waals surface area contributed by atoms with Gasteiger partial charge in [0.25, 0.3) is 0 Å². The molecule has 1 aliphatic carbocycles. The predicted molar refractivity (Wildman–Crippen MR) is 141 cm³/mol. The molecule has 1 aliphatic rings. The van der Waals surface area contributed by atoms with Gasteiger partial charge >= 0.3 is 0 Å². The molecule has 1 aromatic carbocycles. The van der Waals surface area contributed by atoms with Gasteiger partial charge in [-0.25, -0.2) is 9.97 Å². The summed E-state index contributed by atoms with van der Waals surface area (Å²) in [6.07, 6.45) is 14.3. The maximum absolute atomic E-state index is 12.5. The normalized spacial score (nSPS) is 13.6. The van der Waals surface area contributed by atoms with Crippen LogP contribution in [-0.2, 0) is 11.2 Å². The number of rotatable bonds is 9. The van der Waals surface area contributed by atoms with E-state index in [1.165, 1.54) is 5.56 Å². The number of hydrogen-bond acceptors (Lipinski definition) is 4. The predicted octanol–water partition coefficient (Wildman–Crippen LogP) is 5.96. The SMILES string of the molecule is CCCC(CCCC(=O)Nc1ccccc1)c1nc(-c2cc3c([nH]2)C=CCC3)c2c(N)nccn12. The van der Waals surface area contributed by atoms with E-state index < -0.39 is 0 Å². The number of allylic oxidation sites excluding steroid dienone is 1.